The van der Waals surface area contributed by atoms with Crippen molar-refractivity contribution in [3.8, 4) is 5.75 Å². The van der Waals surface area contributed by atoms with E-state index in [0.29, 0.717) is 23.8 Å². The monoisotopic (exact) mass is 253 g/mol. The molecule has 1 aromatic carbocycles. The first-order chi connectivity index (χ1) is 8.41. The second-order valence-electron chi connectivity index (χ2n) is 5.31. The Balaban J connectivity index is 2.71. The smallest absolute Gasteiger partial charge is 0.126 e. The van der Waals surface area contributed by atoms with Crippen LogP contribution in [0.5, 0.6) is 5.75 Å². The molecule has 0 fully saturated rings. The maximum absolute atomic E-state index is 13.5. The molecule has 1 unspecified atom stereocenters. The summed E-state index contributed by atoms with van der Waals surface area (Å²) >= 11 is 0. The van der Waals surface area contributed by atoms with Gasteiger partial charge >= 0.3 is 0 Å². The number of hydrogen-bond acceptors (Lipinski definition) is 2. The average molecular weight is 253 g/mol. The van der Waals surface area contributed by atoms with E-state index in [1.807, 2.05) is 6.92 Å². The molecule has 0 amide bonds. The maximum atomic E-state index is 13.5. The molecule has 0 aliphatic carbocycles. The van der Waals surface area contributed by atoms with E-state index in [4.69, 9.17) is 10.5 Å². The molecule has 0 bridgehead atoms. The first kappa shape index (κ1) is 15.0. The Bertz CT molecular complexity index is 388. The number of nitrogens with two attached hydrogens (primary N) is 1. The molecule has 0 spiro atoms. The van der Waals surface area contributed by atoms with Gasteiger partial charge in [-0.05, 0) is 50.3 Å². The normalized spacial score (nSPS) is 12.8. The van der Waals surface area contributed by atoms with E-state index in [2.05, 4.69) is 13.8 Å². The quantitative estimate of drug-likeness (QED) is 0.779. The summed E-state index contributed by atoms with van der Waals surface area (Å²) in [6.45, 7) is 8.61. The molecule has 2 N–H and O–H groups in total. The van der Waals surface area contributed by atoms with Crippen LogP contribution < -0.4 is 10.5 Å². The number of rotatable bonds is 6. The minimum absolute atomic E-state index is 0.222. The van der Waals surface area contributed by atoms with Gasteiger partial charge in [0.25, 0.3) is 0 Å². The summed E-state index contributed by atoms with van der Waals surface area (Å²) < 4.78 is 19.2. The van der Waals surface area contributed by atoms with Crippen molar-refractivity contribution in [2.24, 2.45) is 11.7 Å². The van der Waals surface area contributed by atoms with Crippen LogP contribution in [0.4, 0.5) is 4.39 Å². The lowest BCUT2D eigenvalue weighted by molar-refractivity contribution is 0.293. The molecule has 0 heterocycles. The van der Waals surface area contributed by atoms with E-state index in [0.717, 1.165) is 18.4 Å². The fourth-order valence-electron chi connectivity index (χ4n) is 1.82. The van der Waals surface area contributed by atoms with Gasteiger partial charge in [-0.3, -0.25) is 0 Å². The van der Waals surface area contributed by atoms with Gasteiger partial charge in [-0.1, -0.05) is 13.8 Å². The van der Waals surface area contributed by atoms with E-state index in [9.17, 15) is 4.39 Å². The third-order valence-corrected chi connectivity index (χ3v) is 2.96. The zero-order valence-electron chi connectivity index (χ0n) is 11.8. The Morgan fingerprint density at radius 1 is 1.28 bits per heavy atom. The third-order valence-electron chi connectivity index (χ3n) is 2.96. The van der Waals surface area contributed by atoms with Crippen LogP contribution in [-0.2, 0) is 0 Å². The number of hydrogen-bond donors (Lipinski definition) is 1. The van der Waals surface area contributed by atoms with Crippen LogP contribution in [0.3, 0.4) is 0 Å². The van der Waals surface area contributed by atoms with Gasteiger partial charge in [-0.15, -0.1) is 0 Å². The summed E-state index contributed by atoms with van der Waals surface area (Å²) in [7, 11) is 0. The third kappa shape index (κ3) is 4.30. The summed E-state index contributed by atoms with van der Waals surface area (Å²) in [5.74, 6) is 1.17. The van der Waals surface area contributed by atoms with Crippen LogP contribution in [0.25, 0.3) is 0 Å². The first-order valence-electron chi connectivity index (χ1n) is 6.60. The minimum atomic E-state index is -0.225. The lowest BCUT2D eigenvalue weighted by Crippen LogP contribution is -2.10. The second kappa shape index (κ2) is 6.74. The van der Waals surface area contributed by atoms with Crippen LogP contribution >= 0.6 is 0 Å². The van der Waals surface area contributed by atoms with Gasteiger partial charge in [0, 0.05) is 11.6 Å². The number of aryl methyl sites for hydroxylation is 1. The van der Waals surface area contributed by atoms with Gasteiger partial charge in [-0.2, -0.15) is 0 Å². The molecule has 1 aromatic rings. The lowest BCUT2D eigenvalue weighted by Gasteiger charge is -2.15. The molecule has 3 heteroatoms. The van der Waals surface area contributed by atoms with Gasteiger partial charge in [0.15, 0.2) is 0 Å². The molecule has 18 heavy (non-hydrogen) atoms. The molecular weight excluding hydrogens is 229 g/mol. The fraction of sp³-hybridized carbons (Fsp3) is 0.600. The fourth-order valence-corrected chi connectivity index (χ4v) is 1.82. The molecule has 0 aromatic heterocycles. The zero-order chi connectivity index (χ0) is 13.7. The Labute approximate surface area is 109 Å². The molecular formula is C15H24FNO. The van der Waals surface area contributed by atoms with Crippen molar-refractivity contribution in [1.82, 2.24) is 0 Å². The van der Waals surface area contributed by atoms with Crippen molar-refractivity contribution in [2.75, 3.05) is 6.61 Å². The highest BCUT2D eigenvalue weighted by Crippen LogP contribution is 2.27. The van der Waals surface area contributed by atoms with Crippen molar-refractivity contribution < 1.29 is 9.13 Å². The first-order valence-corrected chi connectivity index (χ1v) is 6.60. The molecule has 1 atom stereocenters. The van der Waals surface area contributed by atoms with Gasteiger partial charge in [0.1, 0.15) is 11.6 Å². The van der Waals surface area contributed by atoms with Crippen molar-refractivity contribution >= 4 is 0 Å². The Morgan fingerprint density at radius 3 is 2.50 bits per heavy atom. The summed E-state index contributed by atoms with van der Waals surface area (Å²) in [5.41, 5.74) is 7.17. The molecule has 0 aliphatic rings. The Hall–Kier alpha value is -1.09. The van der Waals surface area contributed by atoms with Crippen molar-refractivity contribution in [1.29, 1.82) is 0 Å². The molecule has 0 saturated carbocycles. The molecule has 102 valence electrons. The van der Waals surface area contributed by atoms with E-state index in [1.165, 1.54) is 6.07 Å². The predicted molar refractivity (Wildman–Crippen MR) is 73.3 cm³/mol. The SMILES string of the molecule is Cc1cc(OCCCC(C)C)c(C(C)N)cc1F. The lowest BCUT2D eigenvalue weighted by atomic mass is 10.0. The predicted octanol–water partition coefficient (Wildman–Crippen LogP) is 3.97. The van der Waals surface area contributed by atoms with Crippen LogP contribution in [0.1, 0.15) is 50.8 Å². The molecule has 0 radical (unpaired) electrons. The number of ether oxygens (including phenoxy) is 1. The van der Waals surface area contributed by atoms with Crippen LogP contribution in [-0.4, -0.2) is 6.61 Å². The summed E-state index contributed by atoms with van der Waals surface area (Å²) in [6, 6.07) is 3.00. The van der Waals surface area contributed by atoms with Crippen molar-refractivity contribution in [3.63, 3.8) is 0 Å². The van der Waals surface area contributed by atoms with Crippen LogP contribution in [0, 0.1) is 18.7 Å². The van der Waals surface area contributed by atoms with E-state index >= 15 is 0 Å². The summed E-state index contributed by atoms with van der Waals surface area (Å²) in [5, 5.41) is 0. The van der Waals surface area contributed by atoms with Crippen molar-refractivity contribution in [2.45, 2.75) is 46.6 Å². The van der Waals surface area contributed by atoms with Gasteiger partial charge in [-0.25, -0.2) is 4.39 Å². The van der Waals surface area contributed by atoms with E-state index in [-0.39, 0.29) is 11.9 Å². The number of benzene rings is 1. The second-order valence-corrected chi connectivity index (χ2v) is 5.31. The molecule has 0 saturated heterocycles. The Morgan fingerprint density at radius 2 is 1.94 bits per heavy atom. The summed E-state index contributed by atoms with van der Waals surface area (Å²) in [4.78, 5) is 0. The highest BCUT2D eigenvalue weighted by atomic mass is 19.1. The topological polar surface area (TPSA) is 35.2 Å². The summed E-state index contributed by atoms with van der Waals surface area (Å²) in [6.07, 6.45) is 2.14. The van der Waals surface area contributed by atoms with Crippen molar-refractivity contribution in [3.05, 3.63) is 29.1 Å². The van der Waals surface area contributed by atoms with Gasteiger partial charge < -0.3 is 10.5 Å². The number of halogens is 1. The average Bonchev–Trinajstić information content (AvgIpc) is 2.28. The van der Waals surface area contributed by atoms with E-state index in [1.54, 1.807) is 13.0 Å². The van der Waals surface area contributed by atoms with Crippen LogP contribution in [0.15, 0.2) is 12.1 Å². The molecule has 0 aliphatic heterocycles. The minimum Gasteiger partial charge on any atom is -0.493 e. The highest BCUT2D eigenvalue weighted by Gasteiger charge is 2.12. The van der Waals surface area contributed by atoms with Gasteiger partial charge in [0.2, 0.25) is 0 Å². The standard InChI is InChI=1S/C15H24FNO/c1-10(2)6-5-7-18-15-8-11(3)14(16)9-13(15)12(4)17/h8-10,12H,5-7,17H2,1-4H3. The van der Waals surface area contributed by atoms with E-state index < -0.39 is 0 Å². The molecule has 2 nitrogen and oxygen atoms in total. The maximum Gasteiger partial charge on any atom is 0.126 e. The largest absolute Gasteiger partial charge is 0.493 e. The zero-order valence-corrected chi connectivity index (χ0v) is 11.8. The van der Waals surface area contributed by atoms with Gasteiger partial charge in [0.05, 0.1) is 6.61 Å². The highest BCUT2D eigenvalue weighted by molar-refractivity contribution is 5.39. The van der Waals surface area contributed by atoms with Crippen LogP contribution in [0.2, 0.25) is 0 Å². The molecule has 1 rings (SSSR count). The Kier molecular flexibility index (Phi) is 5.60.